The molecule has 1 fully saturated rings. The molecule has 0 saturated heterocycles. The van der Waals surface area contributed by atoms with Gasteiger partial charge >= 0.3 is 0 Å². The van der Waals surface area contributed by atoms with Gasteiger partial charge in [-0.15, -0.1) is 0 Å². The fourth-order valence-corrected chi connectivity index (χ4v) is 1.84. The van der Waals surface area contributed by atoms with Crippen molar-refractivity contribution in [3.63, 3.8) is 0 Å². The smallest absolute Gasteiger partial charge is 0.134 e. The molecule has 11 heavy (non-hydrogen) atoms. The molecule has 1 aliphatic heterocycles. The topological polar surface area (TPSA) is 24.7 Å². The third kappa shape index (κ3) is 1.60. The number of nitrogens with zero attached hydrogens (tertiary/aromatic N) is 2. The van der Waals surface area contributed by atoms with E-state index in [0.29, 0.717) is 6.04 Å². The van der Waals surface area contributed by atoms with E-state index in [9.17, 15) is 0 Å². The van der Waals surface area contributed by atoms with Gasteiger partial charge in [0.25, 0.3) is 0 Å². The van der Waals surface area contributed by atoms with E-state index >= 15 is 0 Å². The van der Waals surface area contributed by atoms with Gasteiger partial charge in [-0.05, 0) is 12.8 Å². The van der Waals surface area contributed by atoms with Crippen molar-refractivity contribution in [3.8, 4) is 0 Å². The number of hydrogen-bond acceptors (Lipinski definition) is 2. The quantitative estimate of drug-likeness (QED) is 0.508. The molecule has 0 aromatic heterocycles. The lowest BCUT2D eigenvalue weighted by Crippen LogP contribution is -2.21. The van der Waals surface area contributed by atoms with Crippen LogP contribution in [0.25, 0.3) is 0 Å². The highest BCUT2D eigenvalue weighted by molar-refractivity contribution is 5.04. The van der Waals surface area contributed by atoms with Crippen molar-refractivity contribution < 1.29 is 0 Å². The van der Waals surface area contributed by atoms with Gasteiger partial charge in [-0.25, -0.2) is 0 Å². The SMILES string of the molecule is C1CCC[C]2N=NC2CCC1. The zero-order chi connectivity index (χ0) is 7.52. The van der Waals surface area contributed by atoms with Gasteiger partial charge in [-0.1, -0.05) is 32.1 Å². The summed E-state index contributed by atoms with van der Waals surface area (Å²) in [6.45, 7) is 0. The minimum Gasteiger partial charge on any atom is -0.187 e. The molecule has 1 atom stereocenters. The number of azo groups is 1. The van der Waals surface area contributed by atoms with Crippen LogP contribution in [-0.4, -0.2) is 6.04 Å². The maximum absolute atomic E-state index is 4.12. The molecule has 61 valence electrons. The van der Waals surface area contributed by atoms with Crippen LogP contribution in [0.4, 0.5) is 0 Å². The molecule has 2 nitrogen and oxygen atoms in total. The van der Waals surface area contributed by atoms with Crippen molar-refractivity contribution in [3.05, 3.63) is 6.04 Å². The second-order valence-corrected chi connectivity index (χ2v) is 3.53. The van der Waals surface area contributed by atoms with Crippen LogP contribution in [0.2, 0.25) is 0 Å². The van der Waals surface area contributed by atoms with Crippen molar-refractivity contribution in [1.29, 1.82) is 0 Å². The zero-order valence-corrected chi connectivity index (χ0v) is 6.92. The highest BCUT2D eigenvalue weighted by Crippen LogP contribution is 2.33. The lowest BCUT2D eigenvalue weighted by atomic mass is 9.98. The Labute approximate surface area is 68.1 Å². The van der Waals surface area contributed by atoms with Gasteiger partial charge in [0.2, 0.25) is 0 Å². The van der Waals surface area contributed by atoms with Crippen molar-refractivity contribution in [1.82, 2.24) is 0 Å². The summed E-state index contributed by atoms with van der Waals surface area (Å²) in [4.78, 5) is 0. The van der Waals surface area contributed by atoms with Gasteiger partial charge in [-0.3, -0.25) is 0 Å². The predicted octanol–water partition coefficient (Wildman–Crippen LogP) is 3.10. The highest BCUT2D eigenvalue weighted by atomic mass is 15.2. The Hall–Kier alpha value is -0.400. The molecule has 2 aliphatic rings. The van der Waals surface area contributed by atoms with E-state index in [-0.39, 0.29) is 0 Å². The third-order valence-electron chi connectivity index (χ3n) is 2.62. The summed E-state index contributed by atoms with van der Waals surface area (Å²) in [5, 5.41) is 8.20. The Morgan fingerprint density at radius 2 is 1.82 bits per heavy atom. The summed E-state index contributed by atoms with van der Waals surface area (Å²) < 4.78 is 0. The van der Waals surface area contributed by atoms with Crippen LogP contribution in [0, 0.1) is 6.04 Å². The van der Waals surface area contributed by atoms with E-state index in [1.807, 2.05) is 0 Å². The summed E-state index contributed by atoms with van der Waals surface area (Å²) in [6, 6.07) is 1.92. The Morgan fingerprint density at radius 3 is 2.64 bits per heavy atom. The first kappa shape index (κ1) is 7.26. The lowest BCUT2D eigenvalue weighted by Gasteiger charge is -2.24. The lowest BCUT2D eigenvalue weighted by molar-refractivity contribution is 0.457. The van der Waals surface area contributed by atoms with E-state index in [1.54, 1.807) is 0 Å². The zero-order valence-electron chi connectivity index (χ0n) is 6.92. The average Bonchev–Trinajstić information content (AvgIpc) is 2.04. The van der Waals surface area contributed by atoms with Gasteiger partial charge in [-0.2, -0.15) is 10.2 Å². The van der Waals surface area contributed by atoms with Crippen molar-refractivity contribution in [2.24, 2.45) is 10.2 Å². The van der Waals surface area contributed by atoms with Crippen LogP contribution in [0.1, 0.15) is 44.9 Å². The second-order valence-electron chi connectivity index (χ2n) is 3.53. The molecule has 0 spiro atoms. The second kappa shape index (κ2) is 3.33. The summed E-state index contributed by atoms with van der Waals surface area (Å²) in [7, 11) is 0. The third-order valence-corrected chi connectivity index (χ3v) is 2.62. The molecule has 1 saturated carbocycles. The van der Waals surface area contributed by atoms with E-state index in [2.05, 4.69) is 10.2 Å². The first-order chi connectivity index (χ1) is 5.47. The van der Waals surface area contributed by atoms with Gasteiger partial charge < -0.3 is 0 Å². The Balaban J connectivity index is 1.86. The minimum absolute atomic E-state index is 0.535. The van der Waals surface area contributed by atoms with Crippen LogP contribution in [0.5, 0.6) is 0 Å². The molecule has 2 rings (SSSR count). The molecule has 1 aliphatic carbocycles. The van der Waals surface area contributed by atoms with E-state index in [1.165, 1.54) is 51.0 Å². The first-order valence-electron chi connectivity index (χ1n) is 4.73. The van der Waals surface area contributed by atoms with Gasteiger partial charge in [0.05, 0.1) is 0 Å². The molecule has 1 radical (unpaired) electrons. The van der Waals surface area contributed by atoms with Crippen molar-refractivity contribution in [2.75, 3.05) is 0 Å². The number of rotatable bonds is 0. The largest absolute Gasteiger partial charge is 0.187 e. The van der Waals surface area contributed by atoms with Gasteiger partial charge in [0.15, 0.2) is 0 Å². The molecular weight excluding hydrogens is 136 g/mol. The van der Waals surface area contributed by atoms with Crippen molar-refractivity contribution >= 4 is 0 Å². The Kier molecular flexibility index (Phi) is 2.20. The van der Waals surface area contributed by atoms with E-state index < -0.39 is 0 Å². The van der Waals surface area contributed by atoms with Crippen LogP contribution in [0.15, 0.2) is 10.2 Å². The van der Waals surface area contributed by atoms with Crippen LogP contribution in [-0.2, 0) is 0 Å². The highest BCUT2D eigenvalue weighted by Gasteiger charge is 2.28. The van der Waals surface area contributed by atoms with Gasteiger partial charge in [0.1, 0.15) is 12.1 Å². The average molecular weight is 151 g/mol. The Morgan fingerprint density at radius 1 is 1.00 bits per heavy atom. The van der Waals surface area contributed by atoms with Crippen molar-refractivity contribution in [2.45, 2.75) is 51.0 Å². The van der Waals surface area contributed by atoms with Gasteiger partial charge in [0, 0.05) is 0 Å². The molecule has 1 unspecified atom stereocenters. The molecule has 0 aromatic rings. The molecule has 0 N–H and O–H groups in total. The van der Waals surface area contributed by atoms with Crippen LogP contribution < -0.4 is 0 Å². The maximum atomic E-state index is 4.12. The summed E-state index contributed by atoms with van der Waals surface area (Å²) in [6.07, 6.45) is 9.38. The monoisotopic (exact) mass is 151 g/mol. The molecule has 0 bridgehead atoms. The summed E-state index contributed by atoms with van der Waals surface area (Å²) in [5.41, 5.74) is 0. The van der Waals surface area contributed by atoms with Crippen LogP contribution in [0.3, 0.4) is 0 Å². The van der Waals surface area contributed by atoms with Crippen LogP contribution >= 0.6 is 0 Å². The fraction of sp³-hybridized carbons (Fsp3) is 0.889. The molecule has 2 heteroatoms. The minimum atomic E-state index is 0.535. The predicted molar refractivity (Wildman–Crippen MR) is 44.2 cm³/mol. The van der Waals surface area contributed by atoms with E-state index in [0.717, 1.165) is 0 Å². The molecule has 0 amide bonds. The molecule has 1 heterocycles. The number of fused-ring (bicyclic) bond motifs is 1. The molecule has 0 aromatic carbocycles. The summed E-state index contributed by atoms with van der Waals surface area (Å²) in [5.74, 6) is 0. The first-order valence-corrected chi connectivity index (χ1v) is 4.73. The molecular formula is C9H15N2. The normalized spacial score (nSPS) is 32.9. The standard InChI is InChI=1S/C9H15N2/c1-2-4-6-8-9(11-10-8)7-5-3-1/h8H,1-7H2. The maximum Gasteiger partial charge on any atom is 0.134 e. The fourth-order valence-electron chi connectivity index (χ4n) is 1.84. The number of hydrogen-bond donors (Lipinski definition) is 0. The van der Waals surface area contributed by atoms with E-state index in [4.69, 9.17) is 0 Å². The Bertz CT molecular complexity index is 138. The summed E-state index contributed by atoms with van der Waals surface area (Å²) >= 11 is 0.